The minimum Gasteiger partial charge on any atom is -0.388 e. The fourth-order valence-electron chi connectivity index (χ4n) is 2.35. The molecule has 0 aliphatic carbocycles. The molecule has 0 aliphatic rings. The summed E-state index contributed by atoms with van der Waals surface area (Å²) in [6.45, 7) is 6.37. The molecule has 2 heterocycles. The number of hydrogen-bond acceptors (Lipinski definition) is 6. The summed E-state index contributed by atoms with van der Waals surface area (Å²) >= 11 is 0. The molecule has 1 unspecified atom stereocenters. The smallest absolute Gasteiger partial charge is 0.180 e. The van der Waals surface area contributed by atoms with Crippen molar-refractivity contribution in [2.45, 2.75) is 32.8 Å². The number of nitrogens with two attached hydrogens (primary N) is 1. The molecule has 2 aromatic rings. The van der Waals surface area contributed by atoms with Gasteiger partial charge in [0.2, 0.25) is 0 Å². The first kappa shape index (κ1) is 14.5. The Bertz CT molecular complexity index is 577. The molecule has 0 spiro atoms. The van der Waals surface area contributed by atoms with Gasteiger partial charge in [-0.1, -0.05) is 13.8 Å². The summed E-state index contributed by atoms with van der Waals surface area (Å²) in [4.78, 5) is 8.58. The van der Waals surface area contributed by atoms with Crippen LogP contribution in [-0.2, 0) is 0 Å². The number of imidazole rings is 1. The summed E-state index contributed by atoms with van der Waals surface area (Å²) in [5.74, 6) is 6.94. The Morgan fingerprint density at radius 2 is 2.25 bits per heavy atom. The maximum atomic E-state index is 10.3. The quantitative estimate of drug-likeness (QED) is 0.468. The molecule has 0 aromatic carbocycles. The van der Waals surface area contributed by atoms with Gasteiger partial charge in [-0.3, -0.25) is 0 Å². The van der Waals surface area contributed by atoms with E-state index in [4.69, 9.17) is 5.84 Å². The number of aromatic nitrogens is 3. The molecule has 20 heavy (non-hydrogen) atoms. The number of hydrazine groups is 1. The Morgan fingerprint density at radius 1 is 1.50 bits per heavy atom. The summed E-state index contributed by atoms with van der Waals surface area (Å²) < 4.78 is 1.82. The van der Waals surface area contributed by atoms with Gasteiger partial charge in [-0.15, -0.1) is 0 Å². The van der Waals surface area contributed by atoms with Crippen molar-refractivity contribution in [3.05, 3.63) is 18.6 Å². The number of nitrogens with zero attached hydrogens (tertiary/aromatic N) is 3. The molecule has 2 rings (SSSR count). The number of rotatable bonds is 6. The van der Waals surface area contributed by atoms with Gasteiger partial charge in [0.15, 0.2) is 17.3 Å². The van der Waals surface area contributed by atoms with Crippen LogP contribution in [-0.4, -0.2) is 31.6 Å². The van der Waals surface area contributed by atoms with E-state index in [0.717, 1.165) is 0 Å². The van der Waals surface area contributed by atoms with Crippen molar-refractivity contribution >= 4 is 17.3 Å². The topological polar surface area (TPSA) is 100 Å². The van der Waals surface area contributed by atoms with Crippen LogP contribution in [0.15, 0.2) is 18.6 Å². The molecule has 0 fully saturated rings. The summed E-state index contributed by atoms with van der Waals surface area (Å²) in [6.07, 6.45) is 5.96. The number of nitrogen functional groups attached to an aromatic ring is 1. The second-order valence-corrected chi connectivity index (χ2v) is 5.73. The molecule has 2 aromatic heterocycles. The van der Waals surface area contributed by atoms with Gasteiger partial charge in [-0.25, -0.2) is 15.8 Å². The Labute approximate surface area is 118 Å². The van der Waals surface area contributed by atoms with Crippen molar-refractivity contribution in [3.63, 3.8) is 0 Å². The molecule has 0 saturated carbocycles. The molecule has 5 N–H and O–H groups in total. The minimum atomic E-state index is -0.800. The first-order valence-corrected chi connectivity index (χ1v) is 6.68. The van der Waals surface area contributed by atoms with Crippen LogP contribution in [0.25, 0.3) is 5.65 Å². The van der Waals surface area contributed by atoms with Crippen molar-refractivity contribution < 1.29 is 5.11 Å². The molecule has 110 valence electrons. The third kappa shape index (κ3) is 3.37. The molecule has 0 bridgehead atoms. The van der Waals surface area contributed by atoms with Gasteiger partial charge in [0.05, 0.1) is 11.8 Å². The molecule has 0 radical (unpaired) electrons. The van der Waals surface area contributed by atoms with Crippen molar-refractivity contribution in [2.75, 3.05) is 17.3 Å². The fourth-order valence-corrected chi connectivity index (χ4v) is 2.35. The lowest BCUT2D eigenvalue weighted by Gasteiger charge is -2.26. The lowest BCUT2D eigenvalue weighted by molar-refractivity contribution is 0.0515. The lowest BCUT2D eigenvalue weighted by Crippen LogP contribution is -2.35. The average Bonchev–Trinajstić information content (AvgIpc) is 2.82. The second-order valence-electron chi connectivity index (χ2n) is 5.73. The standard InChI is InChI=1S/C13H22N6O/c1-9(2)6-13(3,20)8-16-11-12-15-4-5-19(12)7-10(17-11)18-14/h4-5,7,9,18,20H,6,8,14H2,1-3H3,(H,16,17). The number of fused-ring (bicyclic) bond motifs is 1. The number of aliphatic hydroxyl groups is 1. The van der Waals surface area contributed by atoms with Crippen LogP contribution >= 0.6 is 0 Å². The Morgan fingerprint density at radius 3 is 2.90 bits per heavy atom. The van der Waals surface area contributed by atoms with Crippen LogP contribution < -0.4 is 16.6 Å². The van der Waals surface area contributed by atoms with Crippen LogP contribution in [0.1, 0.15) is 27.2 Å². The Balaban J connectivity index is 2.18. The molecule has 0 saturated heterocycles. The maximum absolute atomic E-state index is 10.3. The van der Waals surface area contributed by atoms with E-state index in [9.17, 15) is 5.11 Å². The highest BCUT2D eigenvalue weighted by atomic mass is 16.3. The predicted octanol–water partition coefficient (Wildman–Crippen LogP) is 1.22. The molecule has 0 amide bonds. The van der Waals surface area contributed by atoms with E-state index in [1.54, 1.807) is 12.4 Å². The van der Waals surface area contributed by atoms with Gasteiger partial charge in [0, 0.05) is 18.9 Å². The molecule has 7 heteroatoms. The monoisotopic (exact) mass is 278 g/mol. The van der Waals surface area contributed by atoms with Crippen LogP contribution in [0, 0.1) is 5.92 Å². The normalized spacial score (nSPS) is 14.5. The highest BCUT2D eigenvalue weighted by Gasteiger charge is 2.22. The number of anilines is 2. The fraction of sp³-hybridized carbons (Fsp3) is 0.538. The highest BCUT2D eigenvalue weighted by Crippen LogP contribution is 2.20. The Kier molecular flexibility index (Phi) is 4.10. The average molecular weight is 278 g/mol. The molecular formula is C13H22N6O. The van der Waals surface area contributed by atoms with Crippen LogP contribution in [0.2, 0.25) is 0 Å². The van der Waals surface area contributed by atoms with Crippen molar-refractivity contribution in [2.24, 2.45) is 11.8 Å². The third-order valence-corrected chi connectivity index (χ3v) is 3.01. The zero-order valence-corrected chi connectivity index (χ0v) is 12.1. The van der Waals surface area contributed by atoms with Gasteiger partial charge in [-0.05, 0) is 19.3 Å². The highest BCUT2D eigenvalue weighted by molar-refractivity contribution is 5.65. The lowest BCUT2D eigenvalue weighted by atomic mass is 9.94. The largest absolute Gasteiger partial charge is 0.388 e. The van der Waals surface area contributed by atoms with Crippen molar-refractivity contribution in [1.29, 1.82) is 0 Å². The zero-order valence-electron chi connectivity index (χ0n) is 12.1. The third-order valence-electron chi connectivity index (χ3n) is 3.01. The zero-order chi connectivity index (χ0) is 14.8. The molecular weight excluding hydrogens is 256 g/mol. The first-order valence-electron chi connectivity index (χ1n) is 6.68. The van der Waals surface area contributed by atoms with E-state index in [2.05, 4.69) is 34.6 Å². The first-order chi connectivity index (χ1) is 9.41. The van der Waals surface area contributed by atoms with E-state index in [0.29, 0.717) is 36.2 Å². The summed E-state index contributed by atoms with van der Waals surface area (Å²) in [6, 6.07) is 0. The molecule has 1 atom stereocenters. The SMILES string of the molecule is CC(C)CC(C)(O)CNc1nc(NN)cn2ccnc12. The van der Waals surface area contributed by atoms with Gasteiger partial charge < -0.3 is 20.2 Å². The van der Waals surface area contributed by atoms with Crippen LogP contribution in [0.4, 0.5) is 11.6 Å². The summed E-state index contributed by atoms with van der Waals surface area (Å²) in [5, 5.41) is 13.5. The Hall–Kier alpha value is -1.86. The molecule has 7 nitrogen and oxygen atoms in total. The second kappa shape index (κ2) is 5.64. The number of hydrogen-bond donors (Lipinski definition) is 4. The van der Waals surface area contributed by atoms with E-state index in [-0.39, 0.29) is 0 Å². The van der Waals surface area contributed by atoms with Crippen molar-refractivity contribution in [3.8, 4) is 0 Å². The predicted molar refractivity (Wildman–Crippen MR) is 79.4 cm³/mol. The maximum Gasteiger partial charge on any atom is 0.180 e. The van der Waals surface area contributed by atoms with Gasteiger partial charge in [0.25, 0.3) is 0 Å². The summed E-state index contributed by atoms with van der Waals surface area (Å²) in [5.41, 5.74) is 2.41. The number of nitrogens with one attached hydrogen (secondary N) is 2. The van der Waals surface area contributed by atoms with Crippen LogP contribution in [0.5, 0.6) is 0 Å². The van der Waals surface area contributed by atoms with E-state index >= 15 is 0 Å². The van der Waals surface area contributed by atoms with E-state index in [1.807, 2.05) is 17.5 Å². The van der Waals surface area contributed by atoms with E-state index < -0.39 is 5.60 Å². The van der Waals surface area contributed by atoms with Gasteiger partial charge >= 0.3 is 0 Å². The van der Waals surface area contributed by atoms with Gasteiger partial charge in [0.1, 0.15) is 0 Å². The minimum absolute atomic E-state index is 0.398. The van der Waals surface area contributed by atoms with E-state index in [1.165, 1.54) is 0 Å². The van der Waals surface area contributed by atoms with Crippen molar-refractivity contribution in [1.82, 2.24) is 14.4 Å². The van der Waals surface area contributed by atoms with Gasteiger partial charge in [-0.2, -0.15) is 0 Å². The van der Waals surface area contributed by atoms with Crippen LogP contribution in [0.3, 0.4) is 0 Å². The molecule has 0 aliphatic heterocycles. The summed E-state index contributed by atoms with van der Waals surface area (Å²) in [7, 11) is 0.